The largest absolute Gasteiger partial charge is 0.508 e. The number of unbranched alkanes of at least 4 members (excludes halogenated alkanes) is 3. The number of aromatic hydroxyl groups is 2. The lowest BCUT2D eigenvalue weighted by Crippen LogP contribution is -2.67. The molecule has 0 amide bonds. The van der Waals surface area contributed by atoms with E-state index in [0.717, 1.165) is 50.7 Å². The highest BCUT2D eigenvalue weighted by Crippen LogP contribution is 2.51. The van der Waals surface area contributed by atoms with Crippen LogP contribution in [-0.2, 0) is 50.4 Å². The summed E-state index contributed by atoms with van der Waals surface area (Å²) in [4.78, 5) is 25.6. The van der Waals surface area contributed by atoms with Crippen LogP contribution in [0.15, 0.2) is 48.6 Å². The number of carbonyl (C=O) groups is 2. The van der Waals surface area contributed by atoms with Crippen molar-refractivity contribution in [1.82, 2.24) is 0 Å². The van der Waals surface area contributed by atoms with Gasteiger partial charge in [-0.15, -0.1) is 0 Å². The van der Waals surface area contributed by atoms with Crippen LogP contribution in [0.5, 0.6) is 11.5 Å². The van der Waals surface area contributed by atoms with Crippen LogP contribution >= 0.6 is 0 Å². The summed E-state index contributed by atoms with van der Waals surface area (Å²) in [5.41, 5.74) is 0.140. The fourth-order valence-corrected chi connectivity index (χ4v) is 7.31. The van der Waals surface area contributed by atoms with Gasteiger partial charge in [0.2, 0.25) is 5.79 Å². The number of fused-ring (bicyclic) bond motifs is 2. The molecule has 1 spiro atoms. The number of phenolic OH excluding ortho intramolecular Hbond substituents is 2. The number of rotatable bonds is 21. The number of aliphatic hydroxyl groups excluding tert-OH is 6. The van der Waals surface area contributed by atoms with Crippen LogP contribution in [0.1, 0.15) is 96.6 Å². The summed E-state index contributed by atoms with van der Waals surface area (Å²) in [6.45, 7) is 6.64. The highest BCUT2D eigenvalue weighted by Gasteiger charge is 2.63. The molecule has 0 bridgehead atoms. The normalized spacial score (nSPS) is 31.2. The van der Waals surface area contributed by atoms with Gasteiger partial charge in [-0.25, -0.2) is 4.79 Å². The predicted molar refractivity (Wildman–Crippen MR) is 211 cm³/mol. The Morgan fingerprint density at radius 2 is 1.73 bits per heavy atom. The zero-order chi connectivity index (χ0) is 43.3. The van der Waals surface area contributed by atoms with Gasteiger partial charge < -0.3 is 69.3 Å². The Morgan fingerprint density at radius 3 is 2.44 bits per heavy atom. The molecule has 3 aliphatic heterocycles. The fraction of sp³-hybridized carbons (Fsp3) is 0.674. The molecular formula is C43H64O16. The number of benzene rings is 1. The molecule has 0 aliphatic carbocycles. The Hall–Kier alpha value is -3.42. The van der Waals surface area contributed by atoms with Gasteiger partial charge in [-0.2, -0.15) is 0 Å². The third-order valence-corrected chi connectivity index (χ3v) is 11.1. The number of allylic oxidation sites excluding steroid dienone is 4. The standard InChI is InChI=1S/C43H64O16/c1-5-7-10-18-33(48)54-24-32-36(50)37(51)38(52)42(56-32)58-39-31(22-44)59-43(35-27(23-55-43)20-28(45)21-30(35)47)41(53)40(39)57-34(49)19-14-9-13-17-29(46)26(4)16-12-8-11-15-25(3)6-2/h9,11,13-15,19-21,25-26,29,31-32,36-42,44-47,50-53H,5-8,10,12,16-18,22-24H2,1-4H3/b13-9+,15-11+,19-14+/t25?,26?,29?,31-,32-,36+,37+,38-,39-,40+,41-,42+,43?/m1/s1. The van der Waals surface area contributed by atoms with Crippen LogP contribution in [0.3, 0.4) is 0 Å². The monoisotopic (exact) mass is 836 g/mol. The van der Waals surface area contributed by atoms with Crippen molar-refractivity contribution in [3.63, 3.8) is 0 Å². The van der Waals surface area contributed by atoms with Crippen LogP contribution < -0.4 is 0 Å². The maximum Gasteiger partial charge on any atom is 0.331 e. The smallest absolute Gasteiger partial charge is 0.331 e. The van der Waals surface area contributed by atoms with Gasteiger partial charge in [-0.05, 0) is 55.6 Å². The van der Waals surface area contributed by atoms with Gasteiger partial charge in [0, 0.05) is 18.6 Å². The quantitative estimate of drug-likeness (QED) is 0.0291. The highest BCUT2D eigenvalue weighted by atomic mass is 16.8. The van der Waals surface area contributed by atoms with Crippen LogP contribution in [0, 0.1) is 11.8 Å². The SMILES string of the molecule is CCCCCC(=O)OC[C@H]1O[C@@H](O[C@H]2[C@H](OC(=O)/C=C/C=C/CC(O)C(C)CCC/C=C/C(C)CC)[C@@H](O)C3(OCc4cc(O)cc(O)c43)O[C@@H]2CO)[C@H](O)[C@@H](O)[C@H]1O. The minimum Gasteiger partial charge on any atom is -0.508 e. The van der Waals surface area contributed by atoms with Crippen molar-refractivity contribution in [1.29, 1.82) is 0 Å². The average molecular weight is 837 g/mol. The van der Waals surface area contributed by atoms with E-state index in [1.54, 1.807) is 12.2 Å². The van der Waals surface area contributed by atoms with E-state index in [1.165, 1.54) is 12.1 Å². The first kappa shape index (κ1) is 48.2. The maximum atomic E-state index is 13.3. The van der Waals surface area contributed by atoms with Gasteiger partial charge in [0.05, 0.1) is 24.9 Å². The number of hydrogen-bond acceptors (Lipinski definition) is 16. The second kappa shape index (κ2) is 23.0. The van der Waals surface area contributed by atoms with Crippen LogP contribution in [0.4, 0.5) is 0 Å². The van der Waals surface area contributed by atoms with Crippen molar-refractivity contribution in [3.8, 4) is 11.5 Å². The van der Waals surface area contributed by atoms with E-state index >= 15 is 0 Å². The number of ether oxygens (including phenoxy) is 6. The molecule has 4 unspecified atom stereocenters. The number of phenols is 2. The highest BCUT2D eigenvalue weighted by molar-refractivity contribution is 5.82. The molecule has 332 valence electrons. The van der Waals surface area contributed by atoms with Crippen molar-refractivity contribution in [2.24, 2.45) is 11.8 Å². The number of aliphatic hydroxyl groups is 6. The van der Waals surface area contributed by atoms with E-state index in [1.807, 2.05) is 13.8 Å². The summed E-state index contributed by atoms with van der Waals surface area (Å²) in [6.07, 6.45) is 0.368. The maximum absolute atomic E-state index is 13.3. The van der Waals surface area contributed by atoms with E-state index in [2.05, 4.69) is 26.0 Å². The molecular weight excluding hydrogens is 772 g/mol. The number of hydrogen-bond donors (Lipinski definition) is 8. The zero-order valence-corrected chi connectivity index (χ0v) is 34.4. The molecule has 59 heavy (non-hydrogen) atoms. The van der Waals surface area contributed by atoms with Gasteiger partial charge >= 0.3 is 11.9 Å². The zero-order valence-electron chi connectivity index (χ0n) is 34.4. The fourth-order valence-electron chi connectivity index (χ4n) is 7.31. The Balaban J connectivity index is 1.50. The third kappa shape index (κ3) is 12.6. The molecule has 1 aromatic carbocycles. The molecule has 1 aromatic rings. The molecule has 8 N–H and O–H groups in total. The summed E-state index contributed by atoms with van der Waals surface area (Å²) in [5, 5.41) is 86.5. The molecule has 16 heteroatoms. The lowest BCUT2D eigenvalue weighted by Gasteiger charge is -2.50. The van der Waals surface area contributed by atoms with E-state index < -0.39 is 97.9 Å². The minimum atomic E-state index is -2.25. The van der Waals surface area contributed by atoms with Crippen molar-refractivity contribution < 1.29 is 78.9 Å². The van der Waals surface area contributed by atoms with Gasteiger partial charge in [0.1, 0.15) is 54.7 Å². The van der Waals surface area contributed by atoms with Crippen molar-refractivity contribution >= 4 is 11.9 Å². The second-order valence-electron chi connectivity index (χ2n) is 15.7. The van der Waals surface area contributed by atoms with E-state index in [-0.39, 0.29) is 35.8 Å². The molecule has 2 fully saturated rings. The lowest BCUT2D eigenvalue weighted by molar-refractivity contribution is -0.395. The van der Waals surface area contributed by atoms with Crippen LogP contribution in [-0.4, -0.2) is 127 Å². The van der Waals surface area contributed by atoms with Gasteiger partial charge in [-0.1, -0.05) is 77.3 Å². The summed E-state index contributed by atoms with van der Waals surface area (Å²) < 4.78 is 34.7. The molecule has 2 saturated heterocycles. The van der Waals surface area contributed by atoms with Crippen molar-refractivity contribution in [2.45, 2.75) is 159 Å². The first-order valence-corrected chi connectivity index (χ1v) is 20.7. The lowest BCUT2D eigenvalue weighted by atomic mass is 9.86. The van der Waals surface area contributed by atoms with Crippen molar-refractivity contribution in [3.05, 3.63) is 59.7 Å². The second-order valence-corrected chi connectivity index (χ2v) is 15.7. The van der Waals surface area contributed by atoms with Crippen LogP contribution in [0.2, 0.25) is 0 Å². The van der Waals surface area contributed by atoms with Gasteiger partial charge in [0.15, 0.2) is 18.5 Å². The Labute approximate surface area is 345 Å². The molecule has 3 heterocycles. The van der Waals surface area contributed by atoms with Gasteiger partial charge in [0.25, 0.3) is 0 Å². The Morgan fingerprint density at radius 1 is 0.966 bits per heavy atom. The molecule has 16 nitrogen and oxygen atoms in total. The first-order valence-electron chi connectivity index (χ1n) is 20.7. The molecule has 0 radical (unpaired) electrons. The van der Waals surface area contributed by atoms with Crippen LogP contribution in [0.25, 0.3) is 0 Å². The van der Waals surface area contributed by atoms with Crippen molar-refractivity contribution in [2.75, 3.05) is 13.2 Å². The Bertz CT molecular complexity index is 1580. The summed E-state index contributed by atoms with van der Waals surface area (Å²) in [7, 11) is 0. The average Bonchev–Trinajstić information content (AvgIpc) is 3.58. The first-order chi connectivity index (χ1) is 28.2. The molecule has 3 aliphatic rings. The molecule has 4 rings (SSSR count). The minimum absolute atomic E-state index is 0.0487. The number of esters is 2. The number of carbonyl (C=O) groups excluding carboxylic acids is 2. The predicted octanol–water partition coefficient (Wildman–Crippen LogP) is 3.03. The van der Waals surface area contributed by atoms with E-state index in [9.17, 15) is 50.4 Å². The summed E-state index contributed by atoms with van der Waals surface area (Å²) in [6, 6.07) is 2.28. The van der Waals surface area contributed by atoms with Gasteiger partial charge in [-0.3, -0.25) is 4.79 Å². The Kier molecular flexibility index (Phi) is 18.8. The molecule has 13 atom stereocenters. The molecule has 0 aromatic heterocycles. The van der Waals surface area contributed by atoms with E-state index in [4.69, 9.17) is 28.4 Å². The molecule has 0 saturated carbocycles. The summed E-state index contributed by atoms with van der Waals surface area (Å²) in [5.74, 6) is -4.04. The third-order valence-electron chi connectivity index (χ3n) is 11.1. The topological polar surface area (TPSA) is 251 Å². The van der Waals surface area contributed by atoms with E-state index in [0.29, 0.717) is 18.8 Å². The summed E-state index contributed by atoms with van der Waals surface area (Å²) >= 11 is 0.